The van der Waals surface area contributed by atoms with Crippen LogP contribution in [0.25, 0.3) is 0 Å². The number of nitrogens with zero attached hydrogens (tertiary/aromatic N) is 2. The standard InChI is InChI=1S/C14H23N2O16P3/c1-14(7-28-14)3-5-15-9(17)2-4-16(13(15)20)12-11(19)10(18)8(30-12)6-29-34(24,25)32-35(26,27)31-33(21,22)23/h2,4,8,10-12,18-19H,3,5-7H2,1H3,(H,24,25)(H,26,27)(H2,21,22,23)/t8-,10?,11?,12-,14?/m0/s1. The summed E-state index contributed by atoms with van der Waals surface area (Å²) in [7, 11) is -16.9. The molecule has 35 heavy (non-hydrogen) atoms. The number of epoxide rings is 1. The number of aliphatic hydroxyl groups is 2. The number of phosphoric ester groups is 1. The Morgan fingerprint density at radius 3 is 2.29 bits per heavy atom. The molecule has 5 unspecified atom stereocenters. The van der Waals surface area contributed by atoms with Gasteiger partial charge in [-0.1, -0.05) is 0 Å². The molecule has 0 radical (unpaired) electrons. The molecule has 6 N–H and O–H groups in total. The van der Waals surface area contributed by atoms with Crippen molar-refractivity contribution in [2.24, 2.45) is 0 Å². The Bertz CT molecular complexity index is 1200. The molecule has 2 aliphatic heterocycles. The first kappa shape index (κ1) is 28.5. The van der Waals surface area contributed by atoms with Gasteiger partial charge in [-0.15, -0.1) is 0 Å². The van der Waals surface area contributed by atoms with E-state index in [-0.39, 0.29) is 6.54 Å². The number of aliphatic hydroxyl groups excluding tert-OH is 2. The molecular formula is C14H23N2O16P3. The van der Waals surface area contributed by atoms with Crippen LogP contribution in [0.3, 0.4) is 0 Å². The zero-order valence-corrected chi connectivity index (χ0v) is 20.5. The van der Waals surface area contributed by atoms with Gasteiger partial charge in [-0.25, -0.2) is 18.5 Å². The lowest BCUT2D eigenvalue weighted by Crippen LogP contribution is -2.43. The topological polar surface area (TPSA) is 266 Å². The predicted octanol–water partition coefficient (Wildman–Crippen LogP) is -1.85. The Balaban J connectivity index is 1.69. The summed E-state index contributed by atoms with van der Waals surface area (Å²) < 4.78 is 57.6. The maximum Gasteiger partial charge on any atom is 0.490 e. The first-order valence-corrected chi connectivity index (χ1v) is 14.2. The third-order valence-corrected chi connectivity index (χ3v) is 8.83. The molecule has 18 nitrogen and oxygen atoms in total. The molecule has 200 valence electrons. The van der Waals surface area contributed by atoms with E-state index in [1.165, 1.54) is 0 Å². The molecule has 3 heterocycles. The highest BCUT2D eigenvalue weighted by atomic mass is 31.3. The van der Waals surface area contributed by atoms with Gasteiger partial charge in [0.05, 0.1) is 18.8 Å². The van der Waals surface area contributed by atoms with E-state index in [1.54, 1.807) is 6.92 Å². The van der Waals surface area contributed by atoms with Crippen molar-refractivity contribution in [2.45, 2.75) is 50.0 Å². The van der Waals surface area contributed by atoms with Crippen LogP contribution in [0, 0.1) is 0 Å². The van der Waals surface area contributed by atoms with Gasteiger partial charge >= 0.3 is 29.2 Å². The first-order chi connectivity index (χ1) is 15.9. The van der Waals surface area contributed by atoms with Crippen molar-refractivity contribution in [3.05, 3.63) is 33.1 Å². The fourth-order valence-corrected chi connectivity index (χ4v) is 6.14. The van der Waals surface area contributed by atoms with Crippen LogP contribution in [-0.4, -0.2) is 76.0 Å². The summed E-state index contributed by atoms with van der Waals surface area (Å²) >= 11 is 0. The lowest BCUT2D eigenvalue weighted by Gasteiger charge is -2.19. The van der Waals surface area contributed by atoms with E-state index in [0.29, 0.717) is 13.0 Å². The van der Waals surface area contributed by atoms with Gasteiger partial charge in [-0.2, -0.15) is 8.62 Å². The van der Waals surface area contributed by atoms with Crippen LogP contribution in [0.1, 0.15) is 19.6 Å². The average molecular weight is 568 g/mol. The smallest absolute Gasteiger partial charge is 0.387 e. The first-order valence-electron chi connectivity index (χ1n) is 9.68. The maximum absolute atomic E-state index is 12.8. The van der Waals surface area contributed by atoms with Crippen molar-refractivity contribution in [1.82, 2.24) is 9.13 Å². The van der Waals surface area contributed by atoms with E-state index in [1.807, 2.05) is 0 Å². The summed E-state index contributed by atoms with van der Waals surface area (Å²) in [6.07, 6.45) is -5.37. The molecule has 0 aliphatic carbocycles. The van der Waals surface area contributed by atoms with E-state index in [2.05, 4.69) is 13.1 Å². The summed E-state index contributed by atoms with van der Waals surface area (Å²) in [5.41, 5.74) is -1.97. The van der Waals surface area contributed by atoms with Gasteiger partial charge in [0.15, 0.2) is 6.23 Å². The third kappa shape index (κ3) is 7.47. The quantitative estimate of drug-likeness (QED) is 0.126. The Morgan fingerprint density at radius 2 is 1.71 bits per heavy atom. The summed E-state index contributed by atoms with van der Waals surface area (Å²) in [4.78, 5) is 60.6. The van der Waals surface area contributed by atoms with E-state index in [9.17, 15) is 38.4 Å². The zero-order chi connectivity index (χ0) is 26.4. The molecule has 3 rings (SSSR count). The van der Waals surface area contributed by atoms with Gasteiger partial charge in [0.25, 0.3) is 5.56 Å². The minimum absolute atomic E-state index is 0.00412. The van der Waals surface area contributed by atoms with Gasteiger partial charge in [-0.3, -0.25) is 18.5 Å². The second kappa shape index (κ2) is 10.0. The summed E-state index contributed by atoms with van der Waals surface area (Å²) in [5, 5.41) is 20.5. The second-order valence-corrected chi connectivity index (χ2v) is 12.3. The van der Waals surface area contributed by atoms with Crippen LogP contribution in [0.15, 0.2) is 21.9 Å². The molecule has 0 amide bonds. The number of aromatic nitrogens is 2. The summed E-state index contributed by atoms with van der Waals surface area (Å²) in [5.74, 6) is 0. The molecule has 0 bridgehead atoms. The van der Waals surface area contributed by atoms with Crippen LogP contribution in [0.2, 0.25) is 0 Å². The van der Waals surface area contributed by atoms with Crippen molar-refractivity contribution in [3.63, 3.8) is 0 Å². The van der Waals surface area contributed by atoms with Crippen LogP contribution < -0.4 is 11.2 Å². The highest BCUT2D eigenvalue weighted by Gasteiger charge is 2.47. The lowest BCUT2D eigenvalue weighted by atomic mass is 10.1. The number of phosphoric acid groups is 3. The molecule has 0 saturated carbocycles. The SMILES string of the molecule is CC1(CCn2c(=O)ccn([C@H]3O[C@@H](COP(=O)(O)OP(=O)(O)OP(=O)(O)O)C(O)C3O)c2=O)CO1. The monoisotopic (exact) mass is 568 g/mol. The van der Waals surface area contributed by atoms with Gasteiger partial charge in [0, 0.05) is 18.8 Å². The van der Waals surface area contributed by atoms with E-state index in [0.717, 1.165) is 21.4 Å². The Hall–Kier alpha value is -1.07. The van der Waals surface area contributed by atoms with E-state index >= 15 is 0 Å². The van der Waals surface area contributed by atoms with E-state index < -0.39 is 71.5 Å². The zero-order valence-electron chi connectivity index (χ0n) is 17.8. The molecule has 1 aromatic rings. The largest absolute Gasteiger partial charge is 0.490 e. The maximum atomic E-state index is 12.8. The summed E-state index contributed by atoms with van der Waals surface area (Å²) in [6, 6.07) is 1.03. The molecule has 2 aliphatic rings. The minimum Gasteiger partial charge on any atom is -0.387 e. The van der Waals surface area contributed by atoms with Crippen molar-refractivity contribution in [1.29, 1.82) is 0 Å². The molecule has 1 aromatic heterocycles. The van der Waals surface area contributed by atoms with E-state index in [4.69, 9.17) is 24.2 Å². The van der Waals surface area contributed by atoms with Gasteiger partial charge in [0.2, 0.25) is 0 Å². The highest BCUT2D eigenvalue weighted by molar-refractivity contribution is 7.66. The average Bonchev–Trinajstić information content (AvgIpc) is 3.35. The Morgan fingerprint density at radius 1 is 1.09 bits per heavy atom. The van der Waals surface area contributed by atoms with Crippen molar-refractivity contribution in [2.75, 3.05) is 13.2 Å². The number of rotatable bonds is 11. The number of ether oxygens (including phenoxy) is 2. The molecule has 0 spiro atoms. The predicted molar refractivity (Wildman–Crippen MR) is 110 cm³/mol. The minimum atomic E-state index is -5.76. The second-order valence-electron chi connectivity index (χ2n) is 7.92. The Labute approximate surface area is 195 Å². The van der Waals surface area contributed by atoms with Crippen LogP contribution in [0.4, 0.5) is 0 Å². The molecule has 0 aromatic carbocycles. The highest BCUT2D eigenvalue weighted by Crippen LogP contribution is 2.66. The molecule has 2 fully saturated rings. The summed E-state index contributed by atoms with van der Waals surface area (Å²) in [6.45, 7) is 1.21. The fourth-order valence-electron chi connectivity index (χ4n) is 3.11. The van der Waals surface area contributed by atoms with Crippen LogP contribution in [-0.2, 0) is 42.9 Å². The Kier molecular flexibility index (Phi) is 8.15. The van der Waals surface area contributed by atoms with Crippen molar-refractivity contribution >= 4 is 23.5 Å². The normalized spacial score (nSPS) is 32.2. The molecular weight excluding hydrogens is 545 g/mol. The molecule has 2 saturated heterocycles. The van der Waals surface area contributed by atoms with Gasteiger partial charge in [0.1, 0.15) is 18.3 Å². The number of hydrogen-bond acceptors (Lipinski definition) is 12. The van der Waals surface area contributed by atoms with Gasteiger partial charge < -0.3 is 39.3 Å². The molecule has 21 heteroatoms. The number of hydrogen-bond donors (Lipinski definition) is 6. The third-order valence-electron chi connectivity index (χ3n) is 5.03. The van der Waals surface area contributed by atoms with Gasteiger partial charge in [-0.05, 0) is 13.3 Å². The fraction of sp³-hybridized carbons (Fsp3) is 0.714. The van der Waals surface area contributed by atoms with Crippen LogP contribution >= 0.6 is 23.5 Å². The van der Waals surface area contributed by atoms with Crippen molar-refractivity contribution in [3.8, 4) is 0 Å². The van der Waals surface area contributed by atoms with Crippen LogP contribution in [0.5, 0.6) is 0 Å². The molecule has 7 atom stereocenters. The van der Waals surface area contributed by atoms with Crippen molar-refractivity contribution < 1.29 is 66.1 Å². The lowest BCUT2D eigenvalue weighted by molar-refractivity contribution is -0.0548.